The van der Waals surface area contributed by atoms with Gasteiger partial charge >= 0.3 is 0 Å². The van der Waals surface area contributed by atoms with Gasteiger partial charge < -0.3 is 5.11 Å². The molecule has 0 amide bonds. The average Bonchev–Trinajstić information content (AvgIpc) is 3.09. The van der Waals surface area contributed by atoms with Gasteiger partial charge in [-0.25, -0.2) is 0 Å². The van der Waals surface area contributed by atoms with Gasteiger partial charge in [0, 0.05) is 33.4 Å². The van der Waals surface area contributed by atoms with Crippen LogP contribution < -0.4 is 5.56 Å². The van der Waals surface area contributed by atoms with E-state index < -0.39 is 5.56 Å². The summed E-state index contributed by atoms with van der Waals surface area (Å²) in [5.41, 5.74) is 2.72. The van der Waals surface area contributed by atoms with Crippen LogP contribution in [0.5, 0.6) is 5.88 Å². The van der Waals surface area contributed by atoms with Gasteiger partial charge in [-0.2, -0.15) is 0 Å². The Morgan fingerprint density at radius 2 is 1.97 bits per heavy atom. The van der Waals surface area contributed by atoms with E-state index in [4.69, 9.17) is 23.8 Å². The molecule has 1 aliphatic heterocycles. The van der Waals surface area contributed by atoms with Crippen molar-refractivity contribution < 1.29 is 5.11 Å². The summed E-state index contributed by atoms with van der Waals surface area (Å²) in [6.07, 6.45) is 3.33. The Labute approximate surface area is 185 Å². The molecular formula is C21H15BrClN3O2S. The van der Waals surface area contributed by atoms with Crippen LogP contribution in [0.4, 0.5) is 5.69 Å². The Kier molecular flexibility index (Phi) is 5.29. The summed E-state index contributed by atoms with van der Waals surface area (Å²) in [6, 6.07) is 12.5. The number of halogens is 2. The smallest absolute Gasteiger partial charge is 0.270 e. The summed E-state index contributed by atoms with van der Waals surface area (Å²) in [7, 11) is 0. The monoisotopic (exact) mass is 487 g/mol. The maximum atomic E-state index is 13.3. The van der Waals surface area contributed by atoms with Gasteiger partial charge in [-0.1, -0.05) is 27.5 Å². The average molecular weight is 489 g/mol. The lowest BCUT2D eigenvalue weighted by molar-refractivity contribution is 0.404. The van der Waals surface area contributed by atoms with Gasteiger partial charge in [0.1, 0.15) is 5.56 Å². The number of hydrogen-bond donors (Lipinski definition) is 1. The van der Waals surface area contributed by atoms with Crippen molar-refractivity contribution in [3.8, 4) is 11.6 Å². The summed E-state index contributed by atoms with van der Waals surface area (Å²) in [4.78, 5) is 17.7. The molecule has 3 aromatic rings. The normalized spacial score (nSPS) is 13.8. The van der Waals surface area contributed by atoms with Crippen LogP contribution in [-0.4, -0.2) is 20.5 Å². The van der Waals surface area contributed by atoms with Crippen molar-refractivity contribution in [2.75, 3.05) is 0 Å². The van der Waals surface area contributed by atoms with Crippen LogP contribution in [0.15, 0.2) is 56.7 Å². The van der Waals surface area contributed by atoms with E-state index in [1.165, 1.54) is 9.13 Å². The van der Waals surface area contributed by atoms with E-state index in [2.05, 4.69) is 20.9 Å². The molecule has 0 saturated heterocycles. The minimum absolute atomic E-state index is 0.143. The SMILES string of the molecule is CCn1c(O)c(C=C2C=Nc3ccc(Br)cc32)c(=O)n(-c2ccc(Cl)cc2)c1=S. The van der Waals surface area contributed by atoms with Gasteiger partial charge in [-0.15, -0.1) is 0 Å². The molecule has 146 valence electrons. The standard InChI is InChI=1S/C21H15BrClN3O2S/c1-2-25-19(27)17(9-12-11-24-18-8-3-13(22)10-16(12)18)20(28)26(21(25)29)15-6-4-14(23)5-7-15/h3-11,27H,2H2,1H3. The predicted octanol–water partition coefficient (Wildman–Crippen LogP) is 5.77. The van der Waals surface area contributed by atoms with Crippen LogP contribution in [-0.2, 0) is 6.54 Å². The van der Waals surface area contributed by atoms with Crippen LogP contribution in [0.2, 0.25) is 5.02 Å². The van der Waals surface area contributed by atoms with E-state index in [-0.39, 0.29) is 16.2 Å². The quantitative estimate of drug-likeness (QED) is 0.476. The van der Waals surface area contributed by atoms with Crippen molar-refractivity contribution in [2.45, 2.75) is 13.5 Å². The first-order valence-electron chi connectivity index (χ1n) is 8.81. The number of aromatic hydroxyl groups is 1. The Morgan fingerprint density at radius 3 is 2.66 bits per heavy atom. The van der Waals surface area contributed by atoms with Crippen LogP contribution in [0.25, 0.3) is 17.3 Å². The van der Waals surface area contributed by atoms with Crippen molar-refractivity contribution in [1.29, 1.82) is 0 Å². The molecule has 0 radical (unpaired) electrons. The fraction of sp³-hybridized carbons (Fsp3) is 0.0952. The van der Waals surface area contributed by atoms with E-state index in [1.54, 1.807) is 36.6 Å². The first-order chi connectivity index (χ1) is 13.9. The van der Waals surface area contributed by atoms with Gasteiger partial charge in [0.15, 0.2) is 4.77 Å². The lowest BCUT2D eigenvalue weighted by Gasteiger charge is -2.15. The summed E-state index contributed by atoms with van der Waals surface area (Å²) >= 11 is 14.9. The minimum atomic E-state index is -0.413. The Bertz CT molecular complexity index is 1310. The summed E-state index contributed by atoms with van der Waals surface area (Å²) in [5, 5.41) is 11.3. The fourth-order valence-electron chi connectivity index (χ4n) is 3.22. The molecular weight excluding hydrogens is 474 g/mol. The highest BCUT2D eigenvalue weighted by Gasteiger charge is 2.19. The molecule has 0 spiro atoms. The number of nitrogens with zero attached hydrogens (tertiary/aromatic N) is 3. The number of rotatable bonds is 3. The molecule has 2 heterocycles. The topological polar surface area (TPSA) is 59.5 Å². The number of aromatic nitrogens is 2. The zero-order valence-electron chi connectivity index (χ0n) is 15.3. The molecule has 0 saturated carbocycles. The second-order valence-corrected chi connectivity index (χ2v) is 8.12. The molecule has 5 nitrogen and oxygen atoms in total. The van der Waals surface area contributed by atoms with Gasteiger partial charge in [0.25, 0.3) is 5.56 Å². The fourth-order valence-corrected chi connectivity index (χ4v) is 4.11. The van der Waals surface area contributed by atoms with E-state index in [0.29, 0.717) is 17.3 Å². The third-order valence-corrected chi connectivity index (χ3v) is 5.81. The molecule has 2 aromatic carbocycles. The molecule has 0 atom stereocenters. The van der Waals surface area contributed by atoms with Gasteiger partial charge in [0.2, 0.25) is 5.88 Å². The molecule has 1 aromatic heterocycles. The number of benzene rings is 2. The van der Waals surface area contributed by atoms with Crippen LogP contribution in [0.1, 0.15) is 18.1 Å². The predicted molar refractivity (Wildman–Crippen MR) is 123 cm³/mol. The minimum Gasteiger partial charge on any atom is -0.494 e. The van der Waals surface area contributed by atoms with Gasteiger partial charge in [0.05, 0.1) is 11.4 Å². The maximum Gasteiger partial charge on any atom is 0.270 e. The molecule has 1 N–H and O–H groups in total. The van der Waals surface area contributed by atoms with Crippen molar-refractivity contribution in [3.05, 3.63) is 78.2 Å². The van der Waals surface area contributed by atoms with E-state index in [1.807, 2.05) is 25.1 Å². The summed E-state index contributed by atoms with van der Waals surface area (Å²) < 4.78 is 4.03. The van der Waals surface area contributed by atoms with E-state index >= 15 is 0 Å². The lowest BCUT2D eigenvalue weighted by Crippen LogP contribution is -2.26. The highest BCUT2D eigenvalue weighted by atomic mass is 79.9. The van der Waals surface area contributed by atoms with Crippen molar-refractivity contribution in [2.24, 2.45) is 4.99 Å². The molecule has 0 aliphatic carbocycles. The Morgan fingerprint density at radius 1 is 1.24 bits per heavy atom. The van der Waals surface area contributed by atoms with Crippen molar-refractivity contribution in [1.82, 2.24) is 9.13 Å². The number of aliphatic imine (C=N–C) groups is 1. The number of fused-ring (bicyclic) bond motifs is 1. The molecule has 0 fully saturated rings. The molecule has 1 aliphatic rings. The second-order valence-electron chi connectivity index (χ2n) is 6.40. The molecule has 29 heavy (non-hydrogen) atoms. The van der Waals surface area contributed by atoms with E-state index in [9.17, 15) is 9.90 Å². The zero-order valence-corrected chi connectivity index (χ0v) is 18.4. The van der Waals surface area contributed by atoms with Crippen LogP contribution in [0, 0.1) is 4.77 Å². The molecule has 0 bridgehead atoms. The second kappa shape index (κ2) is 7.74. The Hall–Kier alpha value is -2.48. The molecule has 0 unspecified atom stereocenters. The largest absolute Gasteiger partial charge is 0.494 e. The number of allylic oxidation sites excluding steroid dienone is 1. The summed E-state index contributed by atoms with van der Waals surface area (Å²) in [6.45, 7) is 2.26. The molecule has 8 heteroatoms. The molecule has 4 rings (SSSR count). The maximum absolute atomic E-state index is 13.3. The summed E-state index contributed by atoms with van der Waals surface area (Å²) in [5.74, 6) is -0.169. The van der Waals surface area contributed by atoms with Crippen molar-refractivity contribution in [3.63, 3.8) is 0 Å². The zero-order chi connectivity index (χ0) is 20.7. The first kappa shape index (κ1) is 19.8. The number of hydrogen-bond acceptors (Lipinski definition) is 4. The lowest BCUT2D eigenvalue weighted by atomic mass is 10.1. The van der Waals surface area contributed by atoms with Crippen LogP contribution in [0.3, 0.4) is 0 Å². The third kappa shape index (κ3) is 3.50. The van der Waals surface area contributed by atoms with Gasteiger partial charge in [-0.3, -0.25) is 18.9 Å². The third-order valence-electron chi connectivity index (χ3n) is 4.67. The van der Waals surface area contributed by atoms with E-state index in [0.717, 1.165) is 21.3 Å². The highest BCUT2D eigenvalue weighted by Crippen LogP contribution is 2.35. The van der Waals surface area contributed by atoms with Crippen molar-refractivity contribution >= 4 is 63.3 Å². The van der Waals surface area contributed by atoms with Gasteiger partial charge in [-0.05, 0) is 67.7 Å². The first-order valence-corrected chi connectivity index (χ1v) is 10.4. The Balaban J connectivity index is 1.99. The van der Waals surface area contributed by atoms with Crippen LogP contribution >= 0.6 is 39.7 Å². The highest BCUT2D eigenvalue weighted by molar-refractivity contribution is 9.10.